The first-order valence-electron chi connectivity index (χ1n) is 8.16. The number of rotatable bonds is 9. The van der Waals surface area contributed by atoms with Gasteiger partial charge in [0.2, 0.25) is 11.6 Å². The molecule has 0 atom stereocenters. The normalized spacial score (nSPS) is 10.7. The molecule has 2 heterocycles. The average Bonchev–Trinajstić information content (AvgIpc) is 3.31. The summed E-state index contributed by atoms with van der Waals surface area (Å²) in [5, 5.41) is 14.8. The number of halogens is 2. The molecule has 0 aliphatic rings. The lowest BCUT2D eigenvalue weighted by Gasteiger charge is -2.08. The Bertz CT molecular complexity index is 947. The standard InChI is InChI=1S/C16H15BrFN5O5/c1-2-25-15(24)9-23-16(19-21-22-23)13-8-14(20-28-13)27-6-5-26-12-7-10(18)3-4-11(12)17/h3-4,7-8H,2,5-6,9H2,1H3. The fourth-order valence-electron chi connectivity index (χ4n) is 2.13. The number of tetrazole rings is 1. The molecule has 0 fully saturated rings. The first-order chi connectivity index (χ1) is 13.6. The van der Waals surface area contributed by atoms with E-state index in [0.717, 1.165) is 0 Å². The molecular formula is C16H15BrFN5O5. The third-order valence-electron chi connectivity index (χ3n) is 3.31. The van der Waals surface area contributed by atoms with E-state index in [1.54, 1.807) is 13.0 Å². The molecule has 10 nitrogen and oxygen atoms in total. The van der Waals surface area contributed by atoms with Crippen LogP contribution in [0.15, 0.2) is 33.3 Å². The quantitative estimate of drug-likeness (QED) is 0.353. The van der Waals surface area contributed by atoms with Gasteiger partial charge in [0, 0.05) is 6.07 Å². The summed E-state index contributed by atoms with van der Waals surface area (Å²) in [6, 6.07) is 5.61. The van der Waals surface area contributed by atoms with Crippen LogP contribution in [0.4, 0.5) is 4.39 Å². The lowest BCUT2D eigenvalue weighted by atomic mass is 10.3. The number of carbonyl (C=O) groups excluding carboxylic acids is 1. The van der Waals surface area contributed by atoms with E-state index >= 15 is 0 Å². The molecule has 3 rings (SSSR count). The molecule has 0 aliphatic carbocycles. The Morgan fingerprint density at radius 1 is 1.29 bits per heavy atom. The topological polar surface area (TPSA) is 114 Å². The van der Waals surface area contributed by atoms with Gasteiger partial charge in [-0.3, -0.25) is 4.79 Å². The molecule has 2 aromatic heterocycles. The molecule has 3 aromatic rings. The van der Waals surface area contributed by atoms with Crippen LogP contribution >= 0.6 is 15.9 Å². The van der Waals surface area contributed by atoms with Gasteiger partial charge in [-0.15, -0.1) is 5.10 Å². The van der Waals surface area contributed by atoms with E-state index in [-0.39, 0.29) is 43.8 Å². The smallest absolute Gasteiger partial charge is 0.327 e. The zero-order valence-corrected chi connectivity index (χ0v) is 16.3. The number of hydrogen-bond acceptors (Lipinski definition) is 9. The SMILES string of the molecule is CCOC(=O)Cn1nnnc1-c1cc(OCCOc2cc(F)ccc2Br)no1. The maximum Gasteiger partial charge on any atom is 0.327 e. The van der Waals surface area contributed by atoms with Gasteiger partial charge >= 0.3 is 5.97 Å². The first kappa shape index (κ1) is 19.7. The fourth-order valence-corrected chi connectivity index (χ4v) is 2.50. The molecule has 1 aromatic carbocycles. The van der Waals surface area contributed by atoms with Crippen molar-refractivity contribution in [2.24, 2.45) is 0 Å². The molecule has 0 bridgehead atoms. The van der Waals surface area contributed by atoms with Crippen molar-refractivity contribution >= 4 is 21.9 Å². The molecule has 0 aliphatic heterocycles. The Hall–Kier alpha value is -3.02. The molecule has 0 saturated carbocycles. The molecule has 0 N–H and O–H groups in total. The summed E-state index contributed by atoms with van der Waals surface area (Å²) >= 11 is 3.27. The molecule has 0 saturated heterocycles. The zero-order valence-electron chi connectivity index (χ0n) is 14.7. The first-order valence-corrected chi connectivity index (χ1v) is 8.95. The van der Waals surface area contributed by atoms with Gasteiger partial charge in [0.05, 0.1) is 17.1 Å². The Labute approximate surface area is 166 Å². The number of hydrogen-bond donors (Lipinski definition) is 0. The predicted molar refractivity (Wildman–Crippen MR) is 95.0 cm³/mol. The van der Waals surface area contributed by atoms with Crippen molar-refractivity contribution in [2.75, 3.05) is 19.8 Å². The maximum absolute atomic E-state index is 13.2. The van der Waals surface area contributed by atoms with Crippen molar-refractivity contribution in [3.05, 3.63) is 34.6 Å². The Balaban J connectivity index is 1.54. The van der Waals surface area contributed by atoms with Crippen LogP contribution < -0.4 is 9.47 Å². The van der Waals surface area contributed by atoms with Crippen molar-refractivity contribution in [1.29, 1.82) is 0 Å². The van der Waals surface area contributed by atoms with Gasteiger partial charge in [-0.05, 0) is 50.6 Å². The van der Waals surface area contributed by atoms with E-state index in [1.165, 1.54) is 22.9 Å². The third-order valence-corrected chi connectivity index (χ3v) is 3.96. The number of esters is 1. The Morgan fingerprint density at radius 2 is 2.11 bits per heavy atom. The van der Waals surface area contributed by atoms with Crippen LogP contribution in [0.1, 0.15) is 6.92 Å². The van der Waals surface area contributed by atoms with Gasteiger partial charge in [-0.1, -0.05) is 0 Å². The molecule has 148 valence electrons. The van der Waals surface area contributed by atoms with E-state index in [2.05, 4.69) is 36.6 Å². The summed E-state index contributed by atoms with van der Waals surface area (Å²) in [4.78, 5) is 11.6. The summed E-state index contributed by atoms with van der Waals surface area (Å²) in [5.41, 5.74) is 0. The summed E-state index contributed by atoms with van der Waals surface area (Å²) in [7, 11) is 0. The fraction of sp³-hybridized carbons (Fsp3) is 0.312. The molecule has 0 unspecified atom stereocenters. The van der Waals surface area contributed by atoms with Gasteiger partial charge < -0.3 is 18.7 Å². The summed E-state index contributed by atoms with van der Waals surface area (Å²) in [6.07, 6.45) is 0. The lowest BCUT2D eigenvalue weighted by molar-refractivity contribution is -0.144. The summed E-state index contributed by atoms with van der Waals surface area (Å²) in [6.45, 7) is 2.09. The van der Waals surface area contributed by atoms with Crippen LogP contribution in [0.2, 0.25) is 0 Å². The number of aromatic nitrogens is 5. The van der Waals surface area contributed by atoms with E-state index in [1.807, 2.05) is 0 Å². The van der Waals surface area contributed by atoms with Crippen LogP contribution in [0, 0.1) is 5.82 Å². The Kier molecular flexibility index (Phi) is 6.53. The lowest BCUT2D eigenvalue weighted by Crippen LogP contribution is -2.15. The average molecular weight is 456 g/mol. The molecule has 0 amide bonds. The van der Waals surface area contributed by atoms with Crippen molar-refractivity contribution in [3.8, 4) is 23.2 Å². The monoisotopic (exact) mass is 455 g/mol. The third kappa shape index (κ3) is 5.03. The van der Waals surface area contributed by atoms with Gasteiger partial charge in [-0.2, -0.15) is 0 Å². The van der Waals surface area contributed by atoms with E-state index in [0.29, 0.717) is 10.2 Å². The van der Waals surface area contributed by atoms with Gasteiger partial charge in [0.1, 0.15) is 31.3 Å². The van der Waals surface area contributed by atoms with Crippen LogP contribution in [-0.4, -0.2) is 51.2 Å². The van der Waals surface area contributed by atoms with Crippen molar-refractivity contribution in [3.63, 3.8) is 0 Å². The van der Waals surface area contributed by atoms with Crippen molar-refractivity contribution < 1.29 is 27.9 Å². The maximum atomic E-state index is 13.2. The summed E-state index contributed by atoms with van der Waals surface area (Å²) in [5.74, 6) is 0.0899. The van der Waals surface area contributed by atoms with Crippen molar-refractivity contribution in [1.82, 2.24) is 25.4 Å². The number of ether oxygens (including phenoxy) is 3. The second kappa shape index (κ2) is 9.26. The second-order valence-electron chi connectivity index (χ2n) is 5.27. The minimum absolute atomic E-state index is 0.142. The number of carbonyl (C=O) groups is 1. The highest BCUT2D eigenvalue weighted by atomic mass is 79.9. The van der Waals surface area contributed by atoms with Gasteiger partial charge in [0.25, 0.3) is 5.88 Å². The molecule has 0 radical (unpaired) electrons. The molecule has 12 heteroatoms. The van der Waals surface area contributed by atoms with E-state index in [9.17, 15) is 9.18 Å². The van der Waals surface area contributed by atoms with Crippen LogP contribution in [0.5, 0.6) is 11.6 Å². The largest absolute Gasteiger partial charge is 0.489 e. The van der Waals surface area contributed by atoms with Crippen molar-refractivity contribution in [2.45, 2.75) is 13.5 Å². The highest BCUT2D eigenvalue weighted by Gasteiger charge is 2.18. The van der Waals surface area contributed by atoms with E-state index in [4.69, 9.17) is 18.7 Å². The second-order valence-corrected chi connectivity index (χ2v) is 6.12. The summed E-state index contributed by atoms with van der Waals surface area (Å²) < 4.78 is 36.0. The van der Waals surface area contributed by atoms with Crippen LogP contribution in [0.3, 0.4) is 0 Å². The minimum atomic E-state index is -0.479. The molecular weight excluding hydrogens is 441 g/mol. The highest BCUT2D eigenvalue weighted by Crippen LogP contribution is 2.25. The van der Waals surface area contributed by atoms with Crippen LogP contribution in [-0.2, 0) is 16.1 Å². The van der Waals surface area contributed by atoms with Crippen LogP contribution in [0.25, 0.3) is 11.6 Å². The number of benzene rings is 1. The van der Waals surface area contributed by atoms with Gasteiger partial charge in [-0.25, -0.2) is 9.07 Å². The van der Waals surface area contributed by atoms with E-state index < -0.39 is 11.8 Å². The Morgan fingerprint density at radius 3 is 2.93 bits per heavy atom. The number of nitrogens with zero attached hydrogens (tertiary/aromatic N) is 5. The molecule has 0 spiro atoms. The zero-order chi connectivity index (χ0) is 19.9. The highest BCUT2D eigenvalue weighted by molar-refractivity contribution is 9.10. The molecule has 28 heavy (non-hydrogen) atoms. The predicted octanol–water partition coefficient (Wildman–Crippen LogP) is 2.25. The van der Waals surface area contributed by atoms with Gasteiger partial charge in [0.15, 0.2) is 0 Å². The minimum Gasteiger partial charge on any atom is -0.489 e.